The lowest BCUT2D eigenvalue weighted by Gasteiger charge is -2.60. The molecule has 0 heterocycles. The predicted octanol–water partition coefficient (Wildman–Crippen LogP) is 7.82. The highest BCUT2D eigenvalue weighted by molar-refractivity contribution is 5.85. The maximum absolute atomic E-state index is 14.2. The van der Waals surface area contributed by atoms with Crippen molar-refractivity contribution in [3.05, 3.63) is 0 Å². The third-order valence-corrected chi connectivity index (χ3v) is 11.0. The Hall–Kier alpha value is -0.860. The summed E-state index contributed by atoms with van der Waals surface area (Å²) in [7, 11) is 0. The van der Waals surface area contributed by atoms with E-state index in [0.717, 1.165) is 44.9 Å². The molecule has 36 heavy (non-hydrogen) atoms. The van der Waals surface area contributed by atoms with Gasteiger partial charge in [-0.2, -0.15) is 26.3 Å². The second-order valence-electron chi connectivity index (χ2n) is 12.8. The number of hydrogen-bond donors (Lipinski definition) is 1. The van der Waals surface area contributed by atoms with Gasteiger partial charge < -0.3 is 5.11 Å². The summed E-state index contributed by atoms with van der Waals surface area (Å²) in [5.41, 5.74) is -5.81. The summed E-state index contributed by atoms with van der Waals surface area (Å²) in [5, 5.41) is 10.2. The molecule has 208 valence electrons. The largest absolute Gasteiger partial charge is 0.431 e. The lowest BCUT2D eigenvalue weighted by molar-refractivity contribution is -0.343. The van der Waals surface area contributed by atoms with Crippen LogP contribution >= 0.6 is 0 Å². The van der Waals surface area contributed by atoms with Gasteiger partial charge in [0.05, 0.1) is 6.10 Å². The van der Waals surface area contributed by atoms with E-state index >= 15 is 0 Å². The summed E-state index contributed by atoms with van der Waals surface area (Å²) in [6.07, 6.45) is -10.7. The van der Waals surface area contributed by atoms with Crippen molar-refractivity contribution in [2.24, 2.45) is 46.3 Å². The molecule has 0 aromatic rings. The maximum atomic E-state index is 14.2. The van der Waals surface area contributed by atoms with E-state index in [2.05, 4.69) is 6.92 Å². The molecule has 0 aliphatic heterocycles. The van der Waals surface area contributed by atoms with E-state index in [1.807, 2.05) is 6.92 Å². The third kappa shape index (κ3) is 4.31. The second kappa shape index (κ2) is 9.11. The Bertz CT molecular complexity index is 862. The SMILES string of the molecule is [3H][C@H](C[C@@H](C)[C@H]1CC(=O)C2C3CC[C@H]4C[C@@H](O)CC[C@]4(C)[C@H]3CC[C@@]21C)CC(F)(C(F)(F)F)C(F)(F)F. The Morgan fingerprint density at radius 3 is 2.22 bits per heavy atom. The van der Waals surface area contributed by atoms with Crippen LogP contribution in [-0.4, -0.2) is 35.0 Å². The van der Waals surface area contributed by atoms with E-state index in [0.29, 0.717) is 11.8 Å². The summed E-state index contributed by atoms with van der Waals surface area (Å²) in [5.74, 6) is 0.103. The molecule has 2 nitrogen and oxygen atoms in total. The number of fused-ring (bicyclic) bond motifs is 5. The van der Waals surface area contributed by atoms with Crippen molar-refractivity contribution in [3.8, 4) is 0 Å². The number of carbonyl (C=O) groups excluding carboxylic acids is 1. The molecule has 4 fully saturated rings. The van der Waals surface area contributed by atoms with E-state index in [9.17, 15) is 40.6 Å². The average Bonchev–Trinajstić information content (AvgIpc) is 3.03. The first-order chi connectivity index (χ1) is 16.8. The Morgan fingerprint density at radius 1 is 1.00 bits per heavy atom. The number of aliphatic hydroxyl groups is 1. The van der Waals surface area contributed by atoms with Crippen molar-refractivity contribution in [1.29, 1.82) is 0 Å². The zero-order valence-electron chi connectivity index (χ0n) is 22.2. The number of aliphatic hydroxyl groups excluding tert-OH is 1. The Labute approximate surface area is 210 Å². The van der Waals surface area contributed by atoms with Gasteiger partial charge in [-0.25, -0.2) is 4.39 Å². The summed E-state index contributed by atoms with van der Waals surface area (Å²) in [6.45, 7) is 6.00. The molecular formula is C27H39F7O2. The summed E-state index contributed by atoms with van der Waals surface area (Å²) in [6, 6.07) is 0. The van der Waals surface area contributed by atoms with Crippen molar-refractivity contribution >= 4 is 5.78 Å². The second-order valence-corrected chi connectivity index (χ2v) is 12.8. The normalized spacial score (nSPS) is 43.8. The third-order valence-electron chi connectivity index (χ3n) is 11.0. The van der Waals surface area contributed by atoms with E-state index in [4.69, 9.17) is 1.37 Å². The van der Waals surface area contributed by atoms with Gasteiger partial charge in [0.2, 0.25) is 0 Å². The summed E-state index contributed by atoms with van der Waals surface area (Å²) in [4.78, 5) is 13.4. The van der Waals surface area contributed by atoms with Crippen LogP contribution in [-0.2, 0) is 4.79 Å². The van der Waals surface area contributed by atoms with Gasteiger partial charge in [0, 0.05) is 13.7 Å². The fourth-order valence-electron chi connectivity index (χ4n) is 9.02. The molecule has 1 N–H and O–H groups in total. The van der Waals surface area contributed by atoms with Crippen LogP contribution in [0.25, 0.3) is 0 Å². The fraction of sp³-hybridized carbons (Fsp3) is 0.963. The van der Waals surface area contributed by atoms with Crippen LogP contribution in [0.3, 0.4) is 0 Å². The molecular weight excluding hydrogens is 489 g/mol. The number of rotatable bonds is 5. The number of carbonyl (C=O) groups is 1. The number of hydrogen-bond acceptors (Lipinski definition) is 2. The van der Waals surface area contributed by atoms with E-state index < -0.39 is 42.2 Å². The Morgan fingerprint density at radius 2 is 1.61 bits per heavy atom. The number of halogens is 7. The monoisotopic (exact) mass is 530 g/mol. The molecule has 4 aliphatic carbocycles. The molecule has 9 heteroatoms. The van der Waals surface area contributed by atoms with Gasteiger partial charge in [0.25, 0.3) is 5.67 Å². The molecule has 10 atom stereocenters. The fourth-order valence-corrected chi connectivity index (χ4v) is 9.02. The molecule has 0 aromatic carbocycles. The van der Waals surface area contributed by atoms with Crippen molar-refractivity contribution in [1.82, 2.24) is 0 Å². The molecule has 0 bridgehead atoms. The summed E-state index contributed by atoms with van der Waals surface area (Å²) < 4.78 is 100. The highest BCUT2D eigenvalue weighted by atomic mass is 19.4. The molecule has 0 radical (unpaired) electrons. The van der Waals surface area contributed by atoms with Gasteiger partial charge in [0.1, 0.15) is 5.78 Å². The van der Waals surface area contributed by atoms with Crippen molar-refractivity contribution in [3.63, 3.8) is 0 Å². The zero-order valence-corrected chi connectivity index (χ0v) is 21.2. The first kappa shape index (κ1) is 26.7. The van der Waals surface area contributed by atoms with E-state index in [-0.39, 0.29) is 47.9 Å². The molecule has 4 saturated carbocycles. The van der Waals surface area contributed by atoms with E-state index in [1.165, 1.54) is 0 Å². The van der Waals surface area contributed by atoms with Crippen LogP contribution in [0.1, 0.15) is 92.7 Å². The molecule has 4 rings (SSSR count). The van der Waals surface area contributed by atoms with Crippen molar-refractivity contribution < 1.29 is 42.0 Å². The molecule has 4 aliphatic rings. The highest BCUT2D eigenvalue weighted by Gasteiger charge is 2.72. The number of Topliss-reactive ketones (excluding diaryl/α,β-unsaturated/α-hetero) is 1. The van der Waals surface area contributed by atoms with Crippen LogP contribution in [0.5, 0.6) is 0 Å². The molecule has 2 unspecified atom stereocenters. The predicted molar refractivity (Wildman–Crippen MR) is 121 cm³/mol. The van der Waals surface area contributed by atoms with Crippen LogP contribution in [0.4, 0.5) is 30.7 Å². The number of alkyl halides is 7. The van der Waals surface area contributed by atoms with Gasteiger partial charge in [0.15, 0.2) is 0 Å². The number of ketones is 1. The van der Waals surface area contributed by atoms with Crippen LogP contribution in [0.2, 0.25) is 0 Å². The maximum Gasteiger partial charge on any atom is 0.431 e. The van der Waals surface area contributed by atoms with Gasteiger partial charge in [-0.05, 0) is 98.2 Å². The Kier molecular flexibility index (Phi) is 6.77. The minimum atomic E-state index is -6.16. The van der Waals surface area contributed by atoms with Crippen molar-refractivity contribution in [2.75, 3.05) is 0 Å². The van der Waals surface area contributed by atoms with Crippen LogP contribution in [0.15, 0.2) is 0 Å². The van der Waals surface area contributed by atoms with Gasteiger partial charge >= 0.3 is 12.4 Å². The minimum absolute atomic E-state index is 0.0549. The van der Waals surface area contributed by atoms with Crippen LogP contribution < -0.4 is 0 Å². The standard InChI is InChI=1S/C27H39F7O2/c1-15(5-4-10-25(28,26(29,30)31)27(32,33)34)20-14-21(36)22-18-7-6-16-13-17(35)8-11-23(16,2)19(18)9-12-24(20,22)3/h15-20,22,35H,4-14H2,1-3H3/t15-,16+,17+,18?,19+,20-,22?,23+,24-/m1/s1/i4T/t4-,15-,16+,17+,18?,19+,20-,22?,23+,24-. The van der Waals surface area contributed by atoms with Crippen molar-refractivity contribution in [2.45, 2.75) is 116 Å². The van der Waals surface area contributed by atoms with Gasteiger partial charge in [-0.3, -0.25) is 4.79 Å². The van der Waals surface area contributed by atoms with E-state index in [1.54, 1.807) is 6.92 Å². The van der Waals surface area contributed by atoms with Gasteiger partial charge in [-0.1, -0.05) is 27.2 Å². The quantitative estimate of drug-likeness (QED) is 0.368. The smallest absolute Gasteiger partial charge is 0.393 e. The first-order valence-electron chi connectivity index (χ1n) is 13.9. The molecule has 0 aromatic heterocycles. The minimum Gasteiger partial charge on any atom is -0.393 e. The molecule has 0 saturated heterocycles. The van der Waals surface area contributed by atoms with Crippen LogP contribution in [0, 0.1) is 46.3 Å². The summed E-state index contributed by atoms with van der Waals surface area (Å²) >= 11 is 0. The zero-order chi connectivity index (χ0) is 27.8. The topological polar surface area (TPSA) is 37.3 Å². The first-order valence-corrected chi connectivity index (χ1v) is 13.3. The average molecular weight is 531 g/mol. The molecule has 0 spiro atoms. The highest BCUT2D eigenvalue weighted by Crippen LogP contribution is 2.67. The Balaban J connectivity index is 1.50. The van der Waals surface area contributed by atoms with Gasteiger partial charge in [-0.15, -0.1) is 0 Å². The molecule has 0 amide bonds. The lowest BCUT2D eigenvalue weighted by Crippen LogP contribution is -2.55. The lowest BCUT2D eigenvalue weighted by atomic mass is 9.44.